The van der Waals surface area contributed by atoms with Gasteiger partial charge in [0.2, 0.25) is 0 Å². The Morgan fingerprint density at radius 2 is 1.86 bits per heavy atom. The van der Waals surface area contributed by atoms with Gasteiger partial charge in [0.15, 0.2) is 0 Å². The average Bonchev–Trinajstić information content (AvgIpc) is 2.38. The van der Waals surface area contributed by atoms with Crippen molar-refractivity contribution in [2.24, 2.45) is 5.73 Å². The highest BCUT2D eigenvalue weighted by Gasteiger charge is 2.35. The van der Waals surface area contributed by atoms with Crippen LogP contribution in [0.5, 0.6) is 0 Å². The van der Waals surface area contributed by atoms with Crippen LogP contribution in [0.2, 0.25) is 0 Å². The van der Waals surface area contributed by atoms with Crippen LogP contribution in [-0.4, -0.2) is 17.1 Å². The summed E-state index contributed by atoms with van der Waals surface area (Å²) in [4.78, 5) is 12.3. The van der Waals surface area contributed by atoms with E-state index in [0.717, 1.165) is 12.0 Å². The van der Waals surface area contributed by atoms with Crippen molar-refractivity contribution in [1.82, 2.24) is 0 Å². The largest absolute Gasteiger partial charge is 0.459 e. The van der Waals surface area contributed by atoms with Crippen molar-refractivity contribution in [3.05, 3.63) is 42.0 Å². The fourth-order valence-electron chi connectivity index (χ4n) is 2.08. The molecule has 3 heteroatoms. The molecular weight excluding hydrogens is 262 g/mol. The Balaban J connectivity index is 2.76. The third kappa shape index (κ3) is 6.13. The fourth-order valence-corrected chi connectivity index (χ4v) is 2.08. The second kappa shape index (κ2) is 7.41. The molecule has 21 heavy (non-hydrogen) atoms. The Labute approximate surface area is 128 Å². The first kappa shape index (κ1) is 17.4. The predicted octanol–water partition coefficient (Wildman–Crippen LogP) is 3.93. The fraction of sp³-hybridized carbons (Fsp3) is 0.500. The Kier molecular flexibility index (Phi) is 6.16. The van der Waals surface area contributed by atoms with Gasteiger partial charge in [0.1, 0.15) is 11.1 Å². The van der Waals surface area contributed by atoms with E-state index >= 15 is 0 Å². The number of hydrogen-bond donors (Lipinski definition) is 1. The summed E-state index contributed by atoms with van der Waals surface area (Å²) in [7, 11) is 0. The van der Waals surface area contributed by atoms with Gasteiger partial charge in [0.25, 0.3) is 0 Å². The van der Waals surface area contributed by atoms with Crippen LogP contribution in [0.15, 0.2) is 36.4 Å². The first-order valence-corrected chi connectivity index (χ1v) is 7.51. The number of benzene rings is 1. The van der Waals surface area contributed by atoms with Gasteiger partial charge < -0.3 is 10.5 Å². The minimum atomic E-state index is -0.951. The maximum atomic E-state index is 12.3. The molecule has 1 rings (SSSR count). The molecule has 0 aliphatic rings. The highest BCUT2D eigenvalue weighted by atomic mass is 16.6. The summed E-state index contributed by atoms with van der Waals surface area (Å²) in [6.45, 7) is 7.60. The van der Waals surface area contributed by atoms with Gasteiger partial charge in [-0.2, -0.15) is 0 Å². The molecule has 1 aromatic carbocycles. The maximum Gasteiger partial charge on any atom is 0.326 e. The lowest BCUT2D eigenvalue weighted by Gasteiger charge is -2.30. The van der Waals surface area contributed by atoms with E-state index in [9.17, 15) is 4.79 Å². The molecule has 0 heterocycles. The summed E-state index contributed by atoms with van der Waals surface area (Å²) in [5.41, 5.74) is 5.93. The number of rotatable bonds is 6. The molecule has 0 spiro atoms. The Bertz CT molecular complexity index is 474. The predicted molar refractivity (Wildman–Crippen MR) is 87.8 cm³/mol. The zero-order valence-electron chi connectivity index (χ0n) is 13.6. The van der Waals surface area contributed by atoms with Gasteiger partial charge in [-0.1, -0.05) is 55.8 Å². The summed E-state index contributed by atoms with van der Waals surface area (Å²) >= 11 is 0. The van der Waals surface area contributed by atoms with E-state index in [2.05, 4.69) is 0 Å². The first-order valence-electron chi connectivity index (χ1n) is 7.51. The zero-order valence-corrected chi connectivity index (χ0v) is 13.6. The quantitative estimate of drug-likeness (QED) is 0.807. The smallest absolute Gasteiger partial charge is 0.326 e. The van der Waals surface area contributed by atoms with Gasteiger partial charge in [-0.25, -0.2) is 0 Å². The molecule has 0 aliphatic carbocycles. The number of carbonyl (C=O) groups is 1. The minimum absolute atomic E-state index is 0.324. The average molecular weight is 289 g/mol. The molecule has 0 aliphatic heterocycles. The van der Waals surface area contributed by atoms with Gasteiger partial charge in [-0.3, -0.25) is 4.79 Å². The second-order valence-electron chi connectivity index (χ2n) is 6.43. The van der Waals surface area contributed by atoms with E-state index in [1.807, 2.05) is 70.2 Å². The SMILES string of the molecule is CCCC(N)(C/C=C/c1ccccc1)C(=O)OC(C)(C)C. The zero-order chi connectivity index (χ0) is 15.9. The standard InChI is InChI=1S/C18H27NO2/c1-5-13-18(19,16(20)21-17(2,3)4)14-9-12-15-10-7-6-8-11-15/h6-12H,5,13-14,19H2,1-4H3/b12-9+. The molecule has 0 radical (unpaired) electrons. The molecule has 116 valence electrons. The minimum Gasteiger partial charge on any atom is -0.459 e. The summed E-state index contributed by atoms with van der Waals surface area (Å²) in [5.74, 6) is -0.324. The first-order chi connectivity index (χ1) is 9.77. The normalized spacial score (nSPS) is 14.9. The lowest BCUT2D eigenvalue weighted by Crippen LogP contribution is -2.50. The molecule has 0 fully saturated rings. The van der Waals surface area contributed by atoms with Crippen molar-refractivity contribution in [3.8, 4) is 0 Å². The van der Waals surface area contributed by atoms with E-state index in [-0.39, 0.29) is 5.97 Å². The number of ether oxygens (including phenoxy) is 1. The number of carbonyl (C=O) groups excluding carboxylic acids is 1. The second-order valence-corrected chi connectivity index (χ2v) is 6.43. The summed E-state index contributed by atoms with van der Waals surface area (Å²) in [6, 6.07) is 9.97. The van der Waals surface area contributed by atoms with Crippen LogP contribution < -0.4 is 5.73 Å². The Morgan fingerprint density at radius 3 is 2.38 bits per heavy atom. The van der Waals surface area contributed by atoms with Gasteiger partial charge >= 0.3 is 5.97 Å². The van der Waals surface area contributed by atoms with Crippen molar-refractivity contribution < 1.29 is 9.53 Å². The van der Waals surface area contributed by atoms with Crippen molar-refractivity contribution in [1.29, 1.82) is 0 Å². The third-order valence-electron chi connectivity index (χ3n) is 3.09. The van der Waals surface area contributed by atoms with Crippen molar-refractivity contribution in [2.75, 3.05) is 0 Å². The molecule has 3 nitrogen and oxygen atoms in total. The maximum absolute atomic E-state index is 12.3. The molecular formula is C18H27NO2. The molecule has 0 aromatic heterocycles. The Morgan fingerprint density at radius 1 is 1.24 bits per heavy atom. The van der Waals surface area contributed by atoms with Gasteiger partial charge in [0.05, 0.1) is 0 Å². The monoisotopic (exact) mass is 289 g/mol. The van der Waals surface area contributed by atoms with E-state index in [1.165, 1.54) is 0 Å². The lowest BCUT2D eigenvalue weighted by atomic mass is 9.90. The van der Waals surface area contributed by atoms with Gasteiger partial charge in [-0.15, -0.1) is 0 Å². The van der Waals surface area contributed by atoms with Crippen molar-refractivity contribution in [3.63, 3.8) is 0 Å². The Hall–Kier alpha value is -1.61. The molecule has 0 saturated heterocycles. The number of hydrogen-bond acceptors (Lipinski definition) is 3. The van der Waals surface area contributed by atoms with E-state index in [0.29, 0.717) is 12.8 Å². The van der Waals surface area contributed by atoms with Crippen molar-refractivity contribution in [2.45, 2.75) is 58.1 Å². The van der Waals surface area contributed by atoms with Gasteiger partial charge in [0, 0.05) is 0 Å². The highest BCUT2D eigenvalue weighted by molar-refractivity contribution is 5.81. The van der Waals surface area contributed by atoms with E-state index in [4.69, 9.17) is 10.5 Å². The van der Waals surface area contributed by atoms with Gasteiger partial charge in [-0.05, 0) is 39.2 Å². The van der Waals surface area contributed by atoms with Crippen LogP contribution >= 0.6 is 0 Å². The van der Waals surface area contributed by atoms with Crippen LogP contribution in [0.25, 0.3) is 6.08 Å². The molecule has 1 atom stereocenters. The topological polar surface area (TPSA) is 52.3 Å². The highest BCUT2D eigenvalue weighted by Crippen LogP contribution is 2.21. The number of esters is 1. The summed E-state index contributed by atoms with van der Waals surface area (Å²) in [6.07, 6.45) is 5.87. The molecule has 0 amide bonds. The van der Waals surface area contributed by atoms with Crippen LogP contribution in [0.4, 0.5) is 0 Å². The molecule has 0 bridgehead atoms. The van der Waals surface area contributed by atoms with Crippen LogP contribution in [0.1, 0.15) is 52.5 Å². The van der Waals surface area contributed by atoms with Crippen LogP contribution in [0.3, 0.4) is 0 Å². The molecule has 0 saturated carbocycles. The lowest BCUT2D eigenvalue weighted by molar-refractivity contribution is -0.161. The van der Waals surface area contributed by atoms with Crippen molar-refractivity contribution >= 4 is 12.0 Å². The van der Waals surface area contributed by atoms with E-state index in [1.54, 1.807) is 0 Å². The summed E-state index contributed by atoms with van der Waals surface area (Å²) < 4.78 is 5.46. The van der Waals surface area contributed by atoms with Crippen LogP contribution in [-0.2, 0) is 9.53 Å². The molecule has 2 N–H and O–H groups in total. The summed E-state index contributed by atoms with van der Waals surface area (Å²) in [5, 5.41) is 0. The molecule has 1 aromatic rings. The third-order valence-corrected chi connectivity index (χ3v) is 3.09. The molecule has 1 unspecified atom stereocenters. The van der Waals surface area contributed by atoms with E-state index < -0.39 is 11.1 Å². The van der Waals surface area contributed by atoms with Crippen LogP contribution in [0, 0.1) is 0 Å². The number of nitrogens with two attached hydrogens (primary N) is 1.